The fourth-order valence-corrected chi connectivity index (χ4v) is 2.42. The number of carboxylic acids is 1. The first-order valence-electron chi connectivity index (χ1n) is 6.80. The van der Waals surface area contributed by atoms with Gasteiger partial charge >= 0.3 is 5.97 Å². The van der Waals surface area contributed by atoms with E-state index >= 15 is 0 Å². The molecule has 0 aliphatic carbocycles. The second kappa shape index (κ2) is 6.05. The molecule has 0 bridgehead atoms. The van der Waals surface area contributed by atoms with Gasteiger partial charge in [-0.1, -0.05) is 25.1 Å². The Bertz CT molecular complexity index is 527. The minimum Gasteiger partial charge on any atom is -0.479 e. The number of hydrogen-bond acceptors (Lipinski definition) is 3. The van der Waals surface area contributed by atoms with E-state index in [1.807, 2.05) is 32.0 Å². The van der Waals surface area contributed by atoms with E-state index in [2.05, 4.69) is 5.32 Å². The number of ether oxygens (including phenoxy) is 1. The van der Waals surface area contributed by atoms with Crippen LogP contribution in [0.4, 0.5) is 5.69 Å². The van der Waals surface area contributed by atoms with Crippen molar-refractivity contribution in [1.82, 2.24) is 0 Å². The molecule has 2 rings (SSSR count). The van der Waals surface area contributed by atoms with Crippen LogP contribution in [0.5, 0.6) is 0 Å². The Kier molecular flexibility index (Phi) is 4.39. The number of aliphatic carboxylic acids is 1. The summed E-state index contributed by atoms with van der Waals surface area (Å²) in [5.74, 6) is -1.27. The molecule has 0 spiro atoms. The van der Waals surface area contributed by atoms with Crippen molar-refractivity contribution in [1.29, 1.82) is 0 Å². The highest BCUT2D eigenvalue weighted by Crippen LogP contribution is 2.25. The zero-order valence-electron chi connectivity index (χ0n) is 11.7. The summed E-state index contributed by atoms with van der Waals surface area (Å²) in [7, 11) is 0. The van der Waals surface area contributed by atoms with Gasteiger partial charge in [-0.25, -0.2) is 4.79 Å². The molecule has 108 valence electrons. The molecule has 1 heterocycles. The summed E-state index contributed by atoms with van der Waals surface area (Å²) in [5, 5.41) is 11.7. The van der Waals surface area contributed by atoms with Crippen LogP contribution in [0.15, 0.2) is 18.2 Å². The van der Waals surface area contributed by atoms with E-state index in [9.17, 15) is 9.59 Å². The largest absolute Gasteiger partial charge is 0.479 e. The van der Waals surface area contributed by atoms with Gasteiger partial charge in [-0.15, -0.1) is 0 Å². The van der Waals surface area contributed by atoms with Crippen molar-refractivity contribution in [2.75, 3.05) is 5.32 Å². The number of carboxylic acid groups (broad SMARTS) is 1. The van der Waals surface area contributed by atoms with Crippen LogP contribution in [0.1, 0.15) is 30.9 Å². The summed E-state index contributed by atoms with van der Waals surface area (Å²) in [6.45, 7) is 3.96. The lowest BCUT2D eigenvalue weighted by Crippen LogP contribution is -2.30. The van der Waals surface area contributed by atoms with Gasteiger partial charge in [0, 0.05) is 5.69 Å². The third-order valence-corrected chi connectivity index (χ3v) is 3.58. The molecule has 0 radical (unpaired) electrons. The first-order valence-corrected chi connectivity index (χ1v) is 6.80. The number of amides is 1. The molecular weight excluding hydrogens is 258 g/mol. The quantitative estimate of drug-likeness (QED) is 0.884. The van der Waals surface area contributed by atoms with Gasteiger partial charge in [-0.2, -0.15) is 0 Å². The zero-order chi connectivity index (χ0) is 14.7. The van der Waals surface area contributed by atoms with Gasteiger partial charge in [0.05, 0.1) is 0 Å². The van der Waals surface area contributed by atoms with E-state index in [1.54, 1.807) is 0 Å². The third kappa shape index (κ3) is 2.99. The van der Waals surface area contributed by atoms with E-state index in [-0.39, 0.29) is 5.91 Å². The minimum atomic E-state index is -1.01. The number of carbonyl (C=O) groups is 2. The van der Waals surface area contributed by atoms with Crippen molar-refractivity contribution in [3.05, 3.63) is 29.3 Å². The van der Waals surface area contributed by atoms with E-state index in [4.69, 9.17) is 9.84 Å². The Balaban J connectivity index is 2.08. The maximum Gasteiger partial charge on any atom is 0.332 e. The van der Waals surface area contributed by atoms with Gasteiger partial charge in [0.25, 0.3) is 5.91 Å². The lowest BCUT2D eigenvalue weighted by Gasteiger charge is -2.16. The fraction of sp³-hybridized carbons (Fsp3) is 0.467. The number of carbonyl (C=O) groups excluding carboxylic acids is 1. The molecule has 5 nitrogen and oxygen atoms in total. The predicted molar refractivity (Wildman–Crippen MR) is 74.7 cm³/mol. The maximum atomic E-state index is 12.2. The van der Waals surface area contributed by atoms with Crippen molar-refractivity contribution in [3.63, 3.8) is 0 Å². The summed E-state index contributed by atoms with van der Waals surface area (Å²) in [6, 6.07) is 5.86. The number of aryl methyl sites for hydroxylation is 2. The van der Waals surface area contributed by atoms with E-state index in [0.29, 0.717) is 12.8 Å². The van der Waals surface area contributed by atoms with Gasteiger partial charge < -0.3 is 15.2 Å². The normalized spacial score (nSPS) is 21.7. The number of anilines is 1. The van der Waals surface area contributed by atoms with Crippen molar-refractivity contribution >= 4 is 17.6 Å². The molecule has 1 aliphatic rings. The number of hydrogen-bond donors (Lipinski definition) is 2. The SMILES string of the molecule is CCc1cccc(C)c1NC(=O)C1CCC(C(=O)O)O1. The van der Waals surface area contributed by atoms with E-state index < -0.39 is 18.2 Å². The Morgan fingerprint density at radius 1 is 1.35 bits per heavy atom. The van der Waals surface area contributed by atoms with Gasteiger partial charge in [-0.3, -0.25) is 4.79 Å². The molecule has 2 N–H and O–H groups in total. The molecule has 1 saturated heterocycles. The standard InChI is InChI=1S/C15H19NO4/c1-3-10-6-4-5-9(2)13(10)16-14(17)11-7-8-12(20-11)15(18)19/h4-6,11-12H,3,7-8H2,1-2H3,(H,16,17)(H,18,19). The topological polar surface area (TPSA) is 75.6 Å². The highest BCUT2D eigenvalue weighted by Gasteiger charge is 2.34. The van der Waals surface area contributed by atoms with Crippen LogP contribution < -0.4 is 5.32 Å². The number of rotatable bonds is 4. The summed E-state index contributed by atoms with van der Waals surface area (Å²) in [6.07, 6.45) is 0.0899. The van der Waals surface area contributed by atoms with Crippen LogP contribution in [0.3, 0.4) is 0 Å². The molecular formula is C15H19NO4. The van der Waals surface area contributed by atoms with E-state index in [0.717, 1.165) is 23.2 Å². The highest BCUT2D eigenvalue weighted by atomic mass is 16.5. The molecule has 1 aromatic carbocycles. The first-order chi connectivity index (χ1) is 9.52. The maximum absolute atomic E-state index is 12.2. The van der Waals surface area contributed by atoms with Crippen LogP contribution in [0.2, 0.25) is 0 Å². The first kappa shape index (κ1) is 14.5. The second-order valence-corrected chi connectivity index (χ2v) is 4.98. The van der Waals surface area contributed by atoms with Gasteiger partial charge in [0.15, 0.2) is 6.10 Å². The summed E-state index contributed by atoms with van der Waals surface area (Å²) in [5.41, 5.74) is 2.86. The number of nitrogens with one attached hydrogen (secondary N) is 1. The van der Waals surface area contributed by atoms with E-state index in [1.165, 1.54) is 0 Å². The molecule has 1 amide bonds. The summed E-state index contributed by atoms with van der Waals surface area (Å²) in [4.78, 5) is 23.0. The molecule has 1 aliphatic heterocycles. The lowest BCUT2D eigenvalue weighted by atomic mass is 10.1. The smallest absolute Gasteiger partial charge is 0.332 e. The second-order valence-electron chi connectivity index (χ2n) is 4.98. The van der Waals surface area contributed by atoms with Crippen molar-refractivity contribution in [2.45, 2.75) is 45.3 Å². The molecule has 5 heteroatoms. The molecule has 0 saturated carbocycles. The minimum absolute atomic E-state index is 0.266. The fourth-order valence-electron chi connectivity index (χ4n) is 2.42. The summed E-state index contributed by atoms with van der Waals surface area (Å²) < 4.78 is 5.26. The molecule has 0 aromatic heterocycles. The van der Waals surface area contributed by atoms with Crippen molar-refractivity contribution in [2.24, 2.45) is 0 Å². The van der Waals surface area contributed by atoms with Crippen molar-refractivity contribution < 1.29 is 19.4 Å². The molecule has 1 aromatic rings. The van der Waals surface area contributed by atoms with Crippen LogP contribution in [0.25, 0.3) is 0 Å². The average Bonchev–Trinajstić information content (AvgIpc) is 2.91. The highest BCUT2D eigenvalue weighted by molar-refractivity contribution is 5.96. The predicted octanol–water partition coefficient (Wildman–Crippen LogP) is 2.13. The monoisotopic (exact) mass is 277 g/mol. The van der Waals surface area contributed by atoms with Crippen molar-refractivity contribution in [3.8, 4) is 0 Å². The molecule has 1 fully saturated rings. The number of benzene rings is 1. The van der Waals surface area contributed by atoms with Gasteiger partial charge in [-0.05, 0) is 37.3 Å². The molecule has 20 heavy (non-hydrogen) atoms. The average molecular weight is 277 g/mol. The van der Waals surface area contributed by atoms with Crippen LogP contribution in [-0.4, -0.2) is 29.2 Å². The van der Waals surface area contributed by atoms with Crippen LogP contribution in [0, 0.1) is 6.92 Å². The molecule has 2 unspecified atom stereocenters. The Morgan fingerprint density at radius 2 is 2.05 bits per heavy atom. The zero-order valence-corrected chi connectivity index (χ0v) is 11.7. The summed E-state index contributed by atoms with van der Waals surface area (Å²) >= 11 is 0. The molecule has 2 atom stereocenters. The Labute approximate surface area is 117 Å². The Hall–Kier alpha value is -1.88. The van der Waals surface area contributed by atoms with Crippen LogP contribution >= 0.6 is 0 Å². The third-order valence-electron chi connectivity index (χ3n) is 3.58. The Morgan fingerprint density at radius 3 is 2.65 bits per heavy atom. The van der Waals surface area contributed by atoms with Crippen LogP contribution in [-0.2, 0) is 20.7 Å². The van der Waals surface area contributed by atoms with Gasteiger partial charge in [0.1, 0.15) is 6.10 Å². The lowest BCUT2D eigenvalue weighted by molar-refractivity contribution is -0.150. The number of para-hydroxylation sites is 1. The van der Waals surface area contributed by atoms with Gasteiger partial charge in [0.2, 0.25) is 0 Å².